The number of oxime groups is 1. The van der Waals surface area contributed by atoms with Crippen LogP contribution in [-0.2, 0) is 0 Å². The summed E-state index contributed by atoms with van der Waals surface area (Å²) in [6.45, 7) is 7.53. The largest absolute Gasteiger partial charge is 0.409 e. The van der Waals surface area contributed by atoms with Gasteiger partial charge in [-0.25, -0.2) is 0 Å². The molecule has 6 heteroatoms. The molecule has 3 N–H and O–H groups in total. The highest BCUT2D eigenvalue weighted by Crippen LogP contribution is 2.09. The highest BCUT2D eigenvalue weighted by molar-refractivity contribution is 5.98. The summed E-state index contributed by atoms with van der Waals surface area (Å²) < 4.78 is 0. The van der Waals surface area contributed by atoms with Crippen LogP contribution in [0.1, 0.15) is 43.2 Å². The number of pyridine rings is 1. The van der Waals surface area contributed by atoms with Crippen LogP contribution in [0.3, 0.4) is 0 Å². The molecule has 0 saturated carbocycles. The van der Waals surface area contributed by atoms with Crippen molar-refractivity contribution < 1.29 is 10.0 Å². The number of nitrogens with zero attached hydrogens (tertiary/aromatic N) is 3. The van der Waals surface area contributed by atoms with E-state index < -0.39 is 0 Å². The molecule has 0 spiro atoms. The Morgan fingerprint density at radius 2 is 2.20 bits per heavy atom. The van der Waals surface area contributed by atoms with Crippen LogP contribution < -0.4 is 5.73 Å². The lowest BCUT2D eigenvalue weighted by atomic mass is 10.1. The molecule has 20 heavy (non-hydrogen) atoms. The third kappa shape index (κ3) is 3.94. The SMILES string of the molecule is CCC(C)CN(CC)C(=O)c1ccc(C(N)=NO)cn1. The molecule has 1 aromatic heterocycles. The zero-order chi connectivity index (χ0) is 15.1. The Hall–Kier alpha value is -2.11. The van der Waals surface area contributed by atoms with E-state index in [0.29, 0.717) is 23.7 Å². The molecule has 0 radical (unpaired) electrons. The zero-order valence-electron chi connectivity index (χ0n) is 12.2. The molecular weight excluding hydrogens is 256 g/mol. The molecule has 0 bridgehead atoms. The van der Waals surface area contributed by atoms with Crippen molar-refractivity contribution >= 4 is 11.7 Å². The van der Waals surface area contributed by atoms with E-state index in [1.54, 1.807) is 17.0 Å². The summed E-state index contributed by atoms with van der Waals surface area (Å²) in [5.41, 5.74) is 6.30. The van der Waals surface area contributed by atoms with E-state index in [0.717, 1.165) is 13.0 Å². The Balaban J connectivity index is 2.85. The first-order valence-electron chi connectivity index (χ1n) is 6.76. The average Bonchev–Trinajstić information content (AvgIpc) is 2.50. The number of amidine groups is 1. The fraction of sp³-hybridized carbons (Fsp3) is 0.500. The van der Waals surface area contributed by atoms with E-state index >= 15 is 0 Å². The average molecular weight is 278 g/mol. The lowest BCUT2D eigenvalue weighted by Crippen LogP contribution is -2.35. The summed E-state index contributed by atoms with van der Waals surface area (Å²) in [7, 11) is 0. The first kappa shape index (κ1) is 15.9. The first-order valence-corrected chi connectivity index (χ1v) is 6.76. The predicted octanol–water partition coefficient (Wildman–Crippen LogP) is 1.68. The van der Waals surface area contributed by atoms with E-state index in [4.69, 9.17) is 10.9 Å². The van der Waals surface area contributed by atoms with Gasteiger partial charge in [-0.05, 0) is 25.0 Å². The minimum absolute atomic E-state index is 0.0246. The fourth-order valence-corrected chi connectivity index (χ4v) is 1.75. The molecule has 6 nitrogen and oxygen atoms in total. The lowest BCUT2D eigenvalue weighted by Gasteiger charge is -2.23. The third-order valence-electron chi connectivity index (χ3n) is 3.28. The van der Waals surface area contributed by atoms with Gasteiger partial charge in [0.2, 0.25) is 0 Å². The van der Waals surface area contributed by atoms with Crippen molar-refractivity contribution in [3.05, 3.63) is 29.6 Å². The summed E-state index contributed by atoms with van der Waals surface area (Å²) in [4.78, 5) is 18.2. The molecule has 1 rings (SSSR count). The highest BCUT2D eigenvalue weighted by Gasteiger charge is 2.17. The van der Waals surface area contributed by atoms with E-state index in [1.807, 2.05) is 6.92 Å². The van der Waals surface area contributed by atoms with Gasteiger partial charge in [0.15, 0.2) is 5.84 Å². The second kappa shape index (κ2) is 7.47. The Morgan fingerprint density at radius 1 is 1.50 bits per heavy atom. The molecule has 1 aromatic rings. The molecule has 0 aliphatic heterocycles. The number of carbonyl (C=O) groups excluding carboxylic acids is 1. The summed E-state index contributed by atoms with van der Waals surface area (Å²) in [5.74, 6) is 0.331. The maximum atomic E-state index is 12.3. The molecule has 0 saturated heterocycles. The van der Waals surface area contributed by atoms with Crippen LogP contribution in [0.15, 0.2) is 23.5 Å². The van der Waals surface area contributed by atoms with Crippen LogP contribution in [0, 0.1) is 5.92 Å². The van der Waals surface area contributed by atoms with Gasteiger partial charge >= 0.3 is 0 Å². The number of aromatic nitrogens is 1. The third-order valence-corrected chi connectivity index (χ3v) is 3.28. The Morgan fingerprint density at radius 3 is 2.65 bits per heavy atom. The normalized spacial score (nSPS) is 13.1. The molecule has 0 aromatic carbocycles. The van der Waals surface area contributed by atoms with Gasteiger partial charge in [0.1, 0.15) is 5.69 Å². The summed E-state index contributed by atoms with van der Waals surface area (Å²) in [6.07, 6.45) is 2.46. The van der Waals surface area contributed by atoms with Crippen molar-refractivity contribution in [2.45, 2.75) is 27.2 Å². The van der Waals surface area contributed by atoms with Crippen molar-refractivity contribution in [3.63, 3.8) is 0 Å². The van der Waals surface area contributed by atoms with Gasteiger partial charge in [-0.1, -0.05) is 25.4 Å². The molecule has 1 atom stereocenters. The van der Waals surface area contributed by atoms with E-state index in [1.165, 1.54) is 6.20 Å². The van der Waals surface area contributed by atoms with Crippen LogP contribution in [0.25, 0.3) is 0 Å². The van der Waals surface area contributed by atoms with Gasteiger partial charge in [0.05, 0.1) is 0 Å². The Kier molecular flexibility index (Phi) is 5.96. The fourth-order valence-electron chi connectivity index (χ4n) is 1.75. The lowest BCUT2D eigenvalue weighted by molar-refractivity contribution is 0.0735. The summed E-state index contributed by atoms with van der Waals surface area (Å²) >= 11 is 0. The number of hydrogen-bond donors (Lipinski definition) is 2. The monoisotopic (exact) mass is 278 g/mol. The number of amides is 1. The number of hydrogen-bond acceptors (Lipinski definition) is 4. The Bertz CT molecular complexity index is 471. The quantitative estimate of drug-likeness (QED) is 0.358. The van der Waals surface area contributed by atoms with Crippen molar-refractivity contribution in [1.29, 1.82) is 0 Å². The minimum atomic E-state index is -0.0983. The van der Waals surface area contributed by atoms with Crippen LogP contribution in [0.2, 0.25) is 0 Å². The summed E-state index contributed by atoms with van der Waals surface area (Å²) in [5, 5.41) is 11.5. The summed E-state index contributed by atoms with van der Waals surface area (Å²) in [6, 6.07) is 3.21. The topological polar surface area (TPSA) is 91.8 Å². The smallest absolute Gasteiger partial charge is 0.272 e. The van der Waals surface area contributed by atoms with Gasteiger partial charge in [0, 0.05) is 24.8 Å². The second-order valence-corrected chi connectivity index (χ2v) is 4.77. The van der Waals surface area contributed by atoms with E-state index in [9.17, 15) is 4.79 Å². The predicted molar refractivity (Wildman–Crippen MR) is 77.8 cm³/mol. The number of nitrogens with two attached hydrogens (primary N) is 1. The van der Waals surface area contributed by atoms with Crippen LogP contribution in [0.4, 0.5) is 0 Å². The molecule has 0 fully saturated rings. The molecule has 0 aliphatic rings. The molecule has 1 heterocycles. The van der Waals surface area contributed by atoms with Gasteiger partial charge in [-0.3, -0.25) is 9.78 Å². The maximum Gasteiger partial charge on any atom is 0.272 e. The molecule has 1 amide bonds. The van der Waals surface area contributed by atoms with Crippen molar-refractivity contribution in [1.82, 2.24) is 9.88 Å². The van der Waals surface area contributed by atoms with Gasteiger partial charge in [-0.15, -0.1) is 0 Å². The first-order chi connectivity index (χ1) is 9.53. The van der Waals surface area contributed by atoms with E-state index in [2.05, 4.69) is 24.0 Å². The van der Waals surface area contributed by atoms with E-state index in [-0.39, 0.29) is 11.7 Å². The van der Waals surface area contributed by atoms with Gasteiger partial charge < -0.3 is 15.8 Å². The minimum Gasteiger partial charge on any atom is -0.409 e. The molecule has 0 aliphatic carbocycles. The number of carbonyl (C=O) groups is 1. The number of rotatable bonds is 6. The van der Waals surface area contributed by atoms with Gasteiger partial charge in [-0.2, -0.15) is 0 Å². The molecule has 110 valence electrons. The van der Waals surface area contributed by atoms with Crippen molar-refractivity contribution in [2.75, 3.05) is 13.1 Å². The van der Waals surface area contributed by atoms with Crippen LogP contribution in [-0.4, -0.2) is 39.9 Å². The van der Waals surface area contributed by atoms with Crippen molar-refractivity contribution in [3.8, 4) is 0 Å². The molecular formula is C14H22N4O2. The zero-order valence-corrected chi connectivity index (χ0v) is 12.2. The second-order valence-electron chi connectivity index (χ2n) is 4.77. The maximum absolute atomic E-state index is 12.3. The van der Waals surface area contributed by atoms with Crippen molar-refractivity contribution in [2.24, 2.45) is 16.8 Å². The molecule has 1 unspecified atom stereocenters. The Labute approximate surface area is 119 Å². The van der Waals surface area contributed by atoms with Crippen LogP contribution >= 0.6 is 0 Å². The highest BCUT2D eigenvalue weighted by atomic mass is 16.4. The van der Waals surface area contributed by atoms with Crippen LogP contribution in [0.5, 0.6) is 0 Å². The van der Waals surface area contributed by atoms with Gasteiger partial charge in [0.25, 0.3) is 5.91 Å². The standard InChI is InChI=1S/C14H22N4O2/c1-4-10(3)9-18(5-2)14(19)12-7-6-11(8-16-12)13(15)17-20/h6-8,10,20H,4-5,9H2,1-3H3,(H2,15,17).